The van der Waals surface area contributed by atoms with Crippen LogP contribution in [0.3, 0.4) is 0 Å². The lowest BCUT2D eigenvalue weighted by atomic mass is 10.1. The zero-order chi connectivity index (χ0) is 17.8. The zero-order valence-corrected chi connectivity index (χ0v) is 14.7. The van der Waals surface area contributed by atoms with Gasteiger partial charge in [-0.25, -0.2) is 0 Å². The highest BCUT2D eigenvalue weighted by atomic mass is 35.5. The van der Waals surface area contributed by atoms with Crippen LogP contribution >= 0.6 is 23.4 Å². The number of hydrogen-bond acceptors (Lipinski definition) is 4. The summed E-state index contributed by atoms with van der Waals surface area (Å²) in [5.74, 6) is 0.0781. The van der Waals surface area contributed by atoms with Gasteiger partial charge in [0.15, 0.2) is 5.78 Å². The van der Waals surface area contributed by atoms with Crippen LogP contribution in [0.5, 0.6) is 0 Å². The number of thioether (sulfide) groups is 1. The van der Waals surface area contributed by atoms with E-state index in [0.717, 1.165) is 5.56 Å². The Labute approximate surface area is 154 Å². The quantitative estimate of drug-likeness (QED) is 0.604. The number of carbonyl (C=O) groups is 2. The highest BCUT2D eigenvalue weighted by Crippen LogP contribution is 2.31. The summed E-state index contributed by atoms with van der Waals surface area (Å²) in [6.07, 6.45) is 1.48. The van der Waals surface area contributed by atoms with E-state index in [1.54, 1.807) is 41.3 Å². The molecule has 1 aliphatic heterocycles. The summed E-state index contributed by atoms with van der Waals surface area (Å²) in [6.45, 7) is 0.367. The smallest absolute Gasteiger partial charge is 0.238 e. The molecule has 0 aromatic heterocycles. The molecule has 124 valence electrons. The van der Waals surface area contributed by atoms with E-state index in [-0.39, 0.29) is 11.7 Å². The normalized spacial score (nSPS) is 15.4. The highest BCUT2D eigenvalue weighted by molar-refractivity contribution is 8.04. The van der Waals surface area contributed by atoms with Gasteiger partial charge in [-0.15, -0.1) is 0 Å². The fraction of sp³-hybridized carbons (Fsp3) is 0.105. The average Bonchev–Trinajstić information content (AvgIpc) is 2.95. The number of nitriles is 1. The molecule has 25 heavy (non-hydrogen) atoms. The molecular weight excluding hydrogens is 356 g/mol. The maximum atomic E-state index is 12.4. The summed E-state index contributed by atoms with van der Waals surface area (Å²) < 4.78 is 0. The van der Waals surface area contributed by atoms with E-state index in [2.05, 4.69) is 6.07 Å². The van der Waals surface area contributed by atoms with Crippen LogP contribution in [0, 0.1) is 11.3 Å². The maximum absolute atomic E-state index is 12.4. The van der Waals surface area contributed by atoms with Gasteiger partial charge in [-0.2, -0.15) is 5.26 Å². The Bertz CT molecular complexity index is 900. The number of ketones is 1. The molecule has 3 rings (SSSR count). The molecule has 1 saturated heterocycles. The predicted octanol–water partition coefficient (Wildman–Crippen LogP) is 4.01. The topological polar surface area (TPSA) is 61.2 Å². The summed E-state index contributed by atoms with van der Waals surface area (Å²) in [7, 11) is 0. The lowest BCUT2D eigenvalue weighted by Gasteiger charge is -2.17. The molecule has 0 aliphatic carbocycles. The number of hydrogen-bond donors (Lipinski definition) is 0. The van der Waals surface area contributed by atoms with Crippen LogP contribution in [-0.2, 0) is 11.3 Å². The van der Waals surface area contributed by atoms with Crippen molar-refractivity contribution in [1.29, 1.82) is 5.26 Å². The SMILES string of the molecule is N#Cc1ccc(CN2C(=O)CS/C2=C\C(=O)c2cccc(Cl)c2)cc1. The van der Waals surface area contributed by atoms with E-state index < -0.39 is 0 Å². The van der Waals surface area contributed by atoms with Gasteiger partial charge in [0.25, 0.3) is 0 Å². The second kappa shape index (κ2) is 7.56. The Morgan fingerprint density at radius 1 is 1.28 bits per heavy atom. The largest absolute Gasteiger partial charge is 0.301 e. The van der Waals surface area contributed by atoms with Crippen molar-refractivity contribution in [3.63, 3.8) is 0 Å². The minimum Gasteiger partial charge on any atom is -0.301 e. The highest BCUT2D eigenvalue weighted by Gasteiger charge is 2.27. The third kappa shape index (κ3) is 4.11. The summed E-state index contributed by atoms with van der Waals surface area (Å²) in [5.41, 5.74) is 1.95. The molecule has 2 aromatic rings. The van der Waals surface area contributed by atoms with Gasteiger partial charge in [-0.05, 0) is 29.8 Å². The van der Waals surface area contributed by atoms with Crippen molar-refractivity contribution in [2.75, 3.05) is 5.75 Å². The summed E-state index contributed by atoms with van der Waals surface area (Å²) in [5, 5.41) is 9.97. The van der Waals surface area contributed by atoms with Crippen LogP contribution in [0.25, 0.3) is 0 Å². The van der Waals surface area contributed by atoms with E-state index >= 15 is 0 Å². The van der Waals surface area contributed by atoms with Gasteiger partial charge in [0.2, 0.25) is 5.91 Å². The Kier molecular flexibility index (Phi) is 5.22. The molecule has 0 N–H and O–H groups in total. The van der Waals surface area contributed by atoms with Crippen LogP contribution < -0.4 is 0 Å². The molecule has 1 amide bonds. The molecule has 0 saturated carbocycles. The van der Waals surface area contributed by atoms with E-state index in [4.69, 9.17) is 16.9 Å². The molecule has 1 fully saturated rings. The van der Waals surface area contributed by atoms with Crippen LogP contribution in [0.2, 0.25) is 5.02 Å². The predicted molar refractivity (Wildman–Crippen MR) is 98.0 cm³/mol. The molecule has 0 unspecified atom stereocenters. The van der Waals surface area contributed by atoms with Gasteiger partial charge < -0.3 is 4.90 Å². The standard InChI is InChI=1S/C19H13ClN2O2S/c20-16-3-1-2-15(8-16)17(23)9-19-22(18(24)12-25-19)11-14-6-4-13(10-21)5-7-14/h1-9H,11-12H2/b19-9-. The lowest BCUT2D eigenvalue weighted by molar-refractivity contribution is -0.125. The molecule has 0 atom stereocenters. The van der Waals surface area contributed by atoms with E-state index in [1.165, 1.54) is 17.8 Å². The molecule has 6 heteroatoms. The molecular formula is C19H13ClN2O2S. The van der Waals surface area contributed by atoms with Crippen molar-refractivity contribution in [2.24, 2.45) is 0 Å². The molecule has 1 heterocycles. The van der Waals surface area contributed by atoms with Crippen molar-refractivity contribution >= 4 is 35.1 Å². The zero-order valence-electron chi connectivity index (χ0n) is 13.1. The van der Waals surface area contributed by atoms with Crippen molar-refractivity contribution in [1.82, 2.24) is 4.90 Å². The van der Waals surface area contributed by atoms with Crippen LogP contribution in [0.4, 0.5) is 0 Å². The second-order valence-electron chi connectivity index (χ2n) is 5.43. The summed E-state index contributed by atoms with van der Waals surface area (Å²) >= 11 is 7.27. The van der Waals surface area contributed by atoms with E-state index in [1.807, 2.05) is 12.1 Å². The van der Waals surface area contributed by atoms with Gasteiger partial charge in [0.05, 0.1) is 29.0 Å². The van der Waals surface area contributed by atoms with Gasteiger partial charge in [0.1, 0.15) is 0 Å². The van der Waals surface area contributed by atoms with Crippen LogP contribution in [0.1, 0.15) is 21.5 Å². The van der Waals surface area contributed by atoms with Gasteiger partial charge in [-0.3, -0.25) is 9.59 Å². The van der Waals surface area contributed by atoms with E-state index in [0.29, 0.717) is 33.5 Å². The minimum atomic E-state index is -0.190. The van der Waals surface area contributed by atoms with Crippen LogP contribution in [-0.4, -0.2) is 22.3 Å². The third-order valence-electron chi connectivity index (χ3n) is 3.70. The number of rotatable bonds is 4. The Morgan fingerprint density at radius 2 is 2.04 bits per heavy atom. The van der Waals surface area contributed by atoms with Crippen LogP contribution in [0.15, 0.2) is 59.6 Å². The Morgan fingerprint density at radius 3 is 2.72 bits per heavy atom. The molecule has 1 aliphatic rings. The number of amides is 1. The maximum Gasteiger partial charge on any atom is 0.238 e. The number of allylic oxidation sites excluding steroid dienone is 1. The summed E-state index contributed by atoms with van der Waals surface area (Å²) in [6, 6.07) is 15.8. The first-order valence-corrected chi connectivity index (χ1v) is 8.87. The third-order valence-corrected chi connectivity index (χ3v) is 4.96. The molecule has 2 aromatic carbocycles. The average molecular weight is 369 g/mol. The number of benzene rings is 2. The Balaban J connectivity index is 1.81. The molecule has 0 spiro atoms. The fourth-order valence-corrected chi connectivity index (χ4v) is 3.53. The Hall–Kier alpha value is -2.55. The molecule has 0 radical (unpaired) electrons. The first-order chi connectivity index (χ1) is 12.1. The van der Waals surface area contributed by atoms with Crippen molar-refractivity contribution in [2.45, 2.75) is 6.54 Å². The van der Waals surface area contributed by atoms with Crippen molar-refractivity contribution in [3.8, 4) is 6.07 Å². The molecule has 4 nitrogen and oxygen atoms in total. The number of carbonyl (C=O) groups excluding carboxylic acids is 2. The summed E-state index contributed by atoms with van der Waals surface area (Å²) in [4.78, 5) is 26.2. The van der Waals surface area contributed by atoms with Gasteiger partial charge >= 0.3 is 0 Å². The van der Waals surface area contributed by atoms with Crippen molar-refractivity contribution < 1.29 is 9.59 Å². The first-order valence-electron chi connectivity index (χ1n) is 7.50. The molecule has 0 bridgehead atoms. The van der Waals surface area contributed by atoms with Gasteiger partial charge in [0, 0.05) is 16.7 Å². The fourth-order valence-electron chi connectivity index (χ4n) is 2.40. The number of halogens is 1. The monoisotopic (exact) mass is 368 g/mol. The number of nitrogens with zero attached hydrogens (tertiary/aromatic N) is 2. The van der Waals surface area contributed by atoms with Crippen molar-refractivity contribution in [3.05, 3.63) is 81.3 Å². The van der Waals surface area contributed by atoms with E-state index in [9.17, 15) is 9.59 Å². The minimum absolute atomic E-state index is 0.0421. The second-order valence-corrected chi connectivity index (χ2v) is 6.87. The lowest BCUT2D eigenvalue weighted by Crippen LogP contribution is -2.24. The van der Waals surface area contributed by atoms with Gasteiger partial charge in [-0.1, -0.05) is 47.6 Å². The first kappa shape index (κ1) is 17.3.